The van der Waals surface area contributed by atoms with E-state index >= 15 is 0 Å². The number of imidazole rings is 1. The molecule has 2 aromatic heterocycles. The lowest BCUT2D eigenvalue weighted by Crippen LogP contribution is -2.41. The molecule has 4 aromatic rings. The van der Waals surface area contributed by atoms with Crippen LogP contribution in [0.4, 0.5) is 0 Å². The predicted molar refractivity (Wildman–Crippen MR) is 234 cm³/mol. The van der Waals surface area contributed by atoms with Crippen LogP contribution in [0.1, 0.15) is 89.5 Å². The van der Waals surface area contributed by atoms with Crippen molar-refractivity contribution in [2.75, 3.05) is 41.8 Å². The van der Waals surface area contributed by atoms with Crippen molar-refractivity contribution in [2.45, 2.75) is 91.3 Å². The van der Waals surface area contributed by atoms with E-state index in [0.29, 0.717) is 22.7 Å². The first-order valence-electron chi connectivity index (χ1n) is 20.0. The fourth-order valence-corrected chi connectivity index (χ4v) is 5.85. The highest BCUT2D eigenvalue weighted by molar-refractivity contribution is 5.99. The third kappa shape index (κ3) is 17.7. The summed E-state index contributed by atoms with van der Waals surface area (Å²) in [5, 5.41) is 19.6. The molecule has 5 rings (SSSR count). The highest BCUT2D eigenvalue weighted by Gasteiger charge is 2.25. The van der Waals surface area contributed by atoms with Crippen LogP contribution in [0, 0.1) is 0 Å². The Morgan fingerprint density at radius 3 is 2.22 bits per heavy atom. The first kappa shape index (κ1) is 52.3. The van der Waals surface area contributed by atoms with Gasteiger partial charge in [0, 0.05) is 39.4 Å². The number of carboxylic acid groups (broad SMARTS) is 1. The second kappa shape index (κ2) is 30.4. The molecule has 1 amide bonds. The smallest absolute Gasteiger partial charge is 0.335 e. The van der Waals surface area contributed by atoms with Crippen molar-refractivity contribution >= 4 is 28.9 Å². The summed E-state index contributed by atoms with van der Waals surface area (Å²) < 4.78 is 32.3. The summed E-state index contributed by atoms with van der Waals surface area (Å²) in [7, 11) is 5.91. The Bertz CT molecular complexity index is 1880. The minimum atomic E-state index is -1.19. The SMILES string of the molecule is C=C(/C=C\C(=C/C)CC(NC(=O)c1ccc2c(c1)nc(-c1ccoc1)n2C1CCCCC1)C(=O)O)OCOC(C)C(=O)OCC.CC.CO.COC.COc1ccccc1. The summed E-state index contributed by atoms with van der Waals surface area (Å²) in [6, 6.07) is 16.0. The fourth-order valence-electron chi connectivity index (χ4n) is 5.85. The number of benzene rings is 2. The molecule has 2 aromatic carbocycles. The van der Waals surface area contributed by atoms with E-state index in [4.69, 9.17) is 33.5 Å². The molecular weight excluding hydrogens is 771 g/mol. The number of aliphatic hydroxyl groups is 1. The molecule has 60 heavy (non-hydrogen) atoms. The van der Waals surface area contributed by atoms with Crippen LogP contribution >= 0.6 is 0 Å². The summed E-state index contributed by atoms with van der Waals surface area (Å²) in [5.74, 6) is -0.224. The number of methoxy groups -OCH3 is 2. The number of hydrogen-bond acceptors (Lipinski definition) is 11. The predicted octanol–water partition coefficient (Wildman–Crippen LogP) is 8.93. The maximum atomic E-state index is 13.3. The van der Waals surface area contributed by atoms with E-state index in [0.717, 1.165) is 55.4 Å². The van der Waals surface area contributed by atoms with E-state index < -0.39 is 30.0 Å². The number of rotatable bonds is 16. The zero-order valence-corrected chi connectivity index (χ0v) is 36.6. The molecule has 2 heterocycles. The van der Waals surface area contributed by atoms with E-state index in [-0.39, 0.29) is 25.6 Å². The third-order valence-electron chi connectivity index (χ3n) is 8.73. The van der Waals surface area contributed by atoms with Crippen LogP contribution in [-0.4, -0.2) is 91.6 Å². The molecule has 0 bridgehead atoms. The fraction of sp³-hybridized carbons (Fsp3) is 0.435. The lowest BCUT2D eigenvalue weighted by molar-refractivity contribution is -0.162. The van der Waals surface area contributed by atoms with Crippen LogP contribution in [0.2, 0.25) is 0 Å². The lowest BCUT2D eigenvalue weighted by Gasteiger charge is -2.25. The molecule has 2 unspecified atom stereocenters. The Morgan fingerprint density at radius 2 is 1.67 bits per heavy atom. The highest BCUT2D eigenvalue weighted by Crippen LogP contribution is 2.36. The van der Waals surface area contributed by atoms with Crippen LogP contribution in [0.5, 0.6) is 5.75 Å². The van der Waals surface area contributed by atoms with Crippen LogP contribution in [0.25, 0.3) is 22.4 Å². The number of nitrogens with one attached hydrogen (secondary N) is 1. The Morgan fingerprint density at radius 1 is 1.00 bits per heavy atom. The topological polar surface area (TPSA) is 181 Å². The molecule has 14 nitrogen and oxygen atoms in total. The number of ether oxygens (including phenoxy) is 5. The van der Waals surface area contributed by atoms with Gasteiger partial charge in [0.2, 0.25) is 0 Å². The van der Waals surface area contributed by atoms with Gasteiger partial charge in [-0.05, 0) is 81.7 Å². The van der Waals surface area contributed by atoms with Crippen molar-refractivity contribution in [3.05, 3.63) is 109 Å². The van der Waals surface area contributed by atoms with Gasteiger partial charge in [-0.1, -0.05) is 70.0 Å². The van der Waals surface area contributed by atoms with Gasteiger partial charge in [0.05, 0.1) is 36.6 Å². The van der Waals surface area contributed by atoms with E-state index in [1.807, 2.05) is 56.3 Å². The Hall–Kier alpha value is -5.70. The molecule has 1 saturated carbocycles. The third-order valence-corrected chi connectivity index (χ3v) is 8.73. The number of carboxylic acids is 1. The molecule has 330 valence electrons. The van der Waals surface area contributed by atoms with E-state index in [1.165, 1.54) is 6.42 Å². The molecule has 1 aliphatic rings. The second-order valence-corrected chi connectivity index (χ2v) is 12.8. The van der Waals surface area contributed by atoms with Gasteiger partial charge in [-0.3, -0.25) is 4.79 Å². The largest absolute Gasteiger partial charge is 0.497 e. The zero-order chi connectivity index (χ0) is 44.9. The van der Waals surface area contributed by atoms with Crippen LogP contribution < -0.4 is 10.1 Å². The summed E-state index contributed by atoms with van der Waals surface area (Å²) >= 11 is 0. The molecule has 2 atom stereocenters. The van der Waals surface area contributed by atoms with Gasteiger partial charge in [0.1, 0.15) is 29.6 Å². The highest BCUT2D eigenvalue weighted by atomic mass is 16.7. The Balaban J connectivity index is 0.00000103. The van der Waals surface area contributed by atoms with Gasteiger partial charge in [-0.2, -0.15) is 0 Å². The number of aromatic nitrogens is 2. The monoisotopic (exact) mass is 835 g/mol. The first-order valence-corrected chi connectivity index (χ1v) is 20.0. The standard InChI is InChI=1S/C34H41N3O8.C7H8O.C2H6O.C2H6.CH4O/c1-5-24(13-12-22(3)44-21-45-23(4)34(41)43-6-2)18-29(33(39)40)36-32(38)25-14-15-30-28(19-25)35-31(26-16-17-42-20-26)37(30)27-10-8-7-9-11-27;1-8-7-5-3-2-4-6-7;1-3-2;2*1-2/h5,12-17,19-20,23,27,29H,3,6-11,18,21H2,1-2,4H3,(H,36,38)(H,39,40);2-6H,1H3;1-2H3;1-2H3;2H,1H3/b13-12-,24-5+;;;;. The minimum Gasteiger partial charge on any atom is -0.497 e. The number of amides is 1. The average Bonchev–Trinajstić information content (AvgIpc) is 3.96. The maximum absolute atomic E-state index is 13.3. The number of para-hydroxylation sites is 1. The molecule has 14 heteroatoms. The summed E-state index contributed by atoms with van der Waals surface area (Å²) in [4.78, 5) is 41.9. The molecule has 1 fully saturated rings. The van der Waals surface area contributed by atoms with Gasteiger partial charge in [-0.15, -0.1) is 0 Å². The van der Waals surface area contributed by atoms with Crippen molar-refractivity contribution in [3.63, 3.8) is 0 Å². The number of nitrogens with zero attached hydrogens (tertiary/aromatic N) is 2. The summed E-state index contributed by atoms with van der Waals surface area (Å²) in [6.07, 6.45) is 13.1. The lowest BCUT2D eigenvalue weighted by atomic mass is 9.95. The van der Waals surface area contributed by atoms with E-state index in [9.17, 15) is 19.5 Å². The number of hydrogen-bond donors (Lipinski definition) is 3. The van der Waals surface area contributed by atoms with Gasteiger partial charge in [-0.25, -0.2) is 14.6 Å². The van der Waals surface area contributed by atoms with E-state index in [1.54, 1.807) is 85.0 Å². The number of furan rings is 1. The second-order valence-electron chi connectivity index (χ2n) is 12.8. The van der Waals surface area contributed by atoms with Gasteiger partial charge in [0.15, 0.2) is 12.9 Å². The first-order chi connectivity index (χ1) is 29.1. The molecule has 0 spiro atoms. The molecule has 0 radical (unpaired) electrons. The molecule has 0 saturated heterocycles. The molecule has 3 N–H and O–H groups in total. The van der Waals surface area contributed by atoms with Gasteiger partial charge in [0.25, 0.3) is 5.91 Å². The van der Waals surface area contributed by atoms with E-state index in [2.05, 4.69) is 21.2 Å². The van der Waals surface area contributed by atoms with Crippen molar-refractivity contribution < 1.29 is 52.7 Å². The molecule has 1 aliphatic carbocycles. The summed E-state index contributed by atoms with van der Waals surface area (Å²) in [5.41, 5.74) is 3.41. The summed E-state index contributed by atoms with van der Waals surface area (Å²) in [6.45, 7) is 12.9. The van der Waals surface area contributed by atoms with Crippen molar-refractivity contribution in [3.8, 4) is 17.1 Å². The number of fused-ring (bicyclic) bond motifs is 1. The number of carbonyl (C=O) groups is 3. The molecule has 0 aliphatic heterocycles. The Kier molecular flexibility index (Phi) is 26.5. The van der Waals surface area contributed by atoms with Crippen molar-refractivity contribution in [1.29, 1.82) is 0 Å². The van der Waals surface area contributed by atoms with Crippen LogP contribution in [-0.2, 0) is 28.5 Å². The number of carbonyl (C=O) groups excluding carboxylic acids is 2. The average molecular weight is 836 g/mol. The van der Waals surface area contributed by atoms with Crippen LogP contribution in [0.3, 0.4) is 0 Å². The normalized spacial score (nSPS) is 13.3. The van der Waals surface area contributed by atoms with Gasteiger partial charge >= 0.3 is 11.9 Å². The van der Waals surface area contributed by atoms with Crippen molar-refractivity contribution in [2.24, 2.45) is 0 Å². The van der Waals surface area contributed by atoms with Gasteiger partial charge < -0.3 is 48.2 Å². The number of allylic oxidation sites excluding steroid dienone is 3. The van der Waals surface area contributed by atoms with Crippen LogP contribution in [0.15, 0.2) is 108 Å². The Labute approximate surface area is 354 Å². The minimum absolute atomic E-state index is 0.0287. The molecular formula is C46H65N3O11. The number of esters is 1. The zero-order valence-electron chi connectivity index (χ0n) is 36.6. The maximum Gasteiger partial charge on any atom is 0.335 e. The number of aliphatic carboxylic acids is 1. The van der Waals surface area contributed by atoms with Crippen molar-refractivity contribution in [1.82, 2.24) is 14.9 Å². The quantitative estimate of drug-likeness (QED) is 0.0423. The number of aliphatic hydroxyl groups excluding tert-OH is 1.